The van der Waals surface area contributed by atoms with Gasteiger partial charge in [-0.1, -0.05) is 72.8 Å². The van der Waals surface area contributed by atoms with E-state index in [1.165, 1.54) is 10.8 Å². The second-order valence-electron chi connectivity index (χ2n) is 12.3. The summed E-state index contributed by atoms with van der Waals surface area (Å²) in [6.07, 6.45) is 0. The molecule has 0 saturated heterocycles. The average molecular weight is 636 g/mol. The quantitative estimate of drug-likeness (QED) is 0.193. The third-order valence-electron chi connectivity index (χ3n) is 9.60. The van der Waals surface area contributed by atoms with Gasteiger partial charge in [0.2, 0.25) is 0 Å². The maximum absolute atomic E-state index is 10.1. The van der Waals surface area contributed by atoms with Crippen LogP contribution in [0.4, 0.5) is 0 Å². The largest absolute Gasteiger partial charge is 0.309 e. The predicted octanol–water partition coefficient (Wildman–Crippen LogP) is 10.8. The summed E-state index contributed by atoms with van der Waals surface area (Å²) in [5.74, 6) is 0. The number of nitriles is 3. The molecule has 2 heterocycles. The summed E-state index contributed by atoms with van der Waals surface area (Å²) >= 11 is 0. The van der Waals surface area contributed by atoms with Gasteiger partial charge in [0.05, 0.1) is 62.7 Å². The summed E-state index contributed by atoms with van der Waals surface area (Å²) in [6.45, 7) is 0. The molecule has 5 nitrogen and oxygen atoms in total. The molecule has 50 heavy (non-hydrogen) atoms. The third-order valence-corrected chi connectivity index (χ3v) is 9.60. The summed E-state index contributed by atoms with van der Waals surface area (Å²) in [5.41, 5.74) is 11.4. The Balaban J connectivity index is 1.32. The standard InChI is InChI=1S/C45H25N5/c46-26-29-16-19-34(38(22-29)32-8-7-9-33(25-32)49-41-13-4-1-10-35(41)36-11-2-5-14-42(36)49)39-23-30(27-47)17-20-44(39)50-43-15-6-3-12-37(43)40-24-31(28-48)18-21-45(40)50/h1-25H. The lowest BCUT2D eigenvalue weighted by Crippen LogP contribution is -2.00. The Morgan fingerprint density at radius 3 is 1.54 bits per heavy atom. The van der Waals surface area contributed by atoms with Crippen molar-refractivity contribution in [2.75, 3.05) is 0 Å². The van der Waals surface area contributed by atoms with Crippen LogP contribution >= 0.6 is 0 Å². The minimum Gasteiger partial charge on any atom is -0.309 e. The zero-order valence-corrected chi connectivity index (χ0v) is 26.7. The van der Waals surface area contributed by atoms with Crippen LogP contribution in [-0.2, 0) is 0 Å². The van der Waals surface area contributed by atoms with Crippen molar-refractivity contribution in [3.63, 3.8) is 0 Å². The molecule has 7 aromatic carbocycles. The van der Waals surface area contributed by atoms with Crippen LogP contribution in [0.15, 0.2) is 152 Å². The van der Waals surface area contributed by atoms with Crippen molar-refractivity contribution in [2.24, 2.45) is 0 Å². The molecule has 5 heteroatoms. The van der Waals surface area contributed by atoms with E-state index in [1.807, 2.05) is 66.7 Å². The van der Waals surface area contributed by atoms with Crippen LogP contribution in [0.3, 0.4) is 0 Å². The molecule has 0 radical (unpaired) electrons. The highest BCUT2D eigenvalue weighted by molar-refractivity contribution is 6.11. The molecule has 9 rings (SSSR count). The van der Waals surface area contributed by atoms with Gasteiger partial charge < -0.3 is 9.13 Å². The van der Waals surface area contributed by atoms with Gasteiger partial charge in [0.15, 0.2) is 0 Å². The number of para-hydroxylation sites is 3. The zero-order chi connectivity index (χ0) is 33.8. The van der Waals surface area contributed by atoms with Crippen molar-refractivity contribution in [1.29, 1.82) is 15.8 Å². The third kappa shape index (κ3) is 4.38. The van der Waals surface area contributed by atoms with E-state index < -0.39 is 0 Å². The van der Waals surface area contributed by atoms with Gasteiger partial charge in [-0.25, -0.2) is 0 Å². The van der Waals surface area contributed by atoms with Crippen molar-refractivity contribution in [3.05, 3.63) is 168 Å². The molecule has 230 valence electrons. The smallest absolute Gasteiger partial charge is 0.0991 e. The van der Waals surface area contributed by atoms with Crippen LogP contribution in [-0.4, -0.2) is 9.13 Å². The molecule has 0 N–H and O–H groups in total. The molecule has 0 spiro atoms. The van der Waals surface area contributed by atoms with E-state index in [2.05, 4.69) is 112 Å². The second kappa shape index (κ2) is 11.4. The van der Waals surface area contributed by atoms with E-state index in [1.54, 1.807) is 0 Å². The summed E-state index contributed by atoms with van der Waals surface area (Å²) in [5, 5.41) is 34.2. The van der Waals surface area contributed by atoms with Crippen LogP contribution in [0.25, 0.3) is 77.2 Å². The predicted molar refractivity (Wildman–Crippen MR) is 200 cm³/mol. The van der Waals surface area contributed by atoms with Gasteiger partial charge >= 0.3 is 0 Å². The van der Waals surface area contributed by atoms with Crippen molar-refractivity contribution in [3.8, 4) is 51.8 Å². The fraction of sp³-hybridized carbons (Fsp3) is 0. The lowest BCUT2D eigenvalue weighted by Gasteiger charge is -2.18. The highest BCUT2D eigenvalue weighted by Crippen LogP contribution is 2.41. The van der Waals surface area contributed by atoms with E-state index in [0.29, 0.717) is 16.7 Å². The van der Waals surface area contributed by atoms with E-state index in [-0.39, 0.29) is 0 Å². The number of fused-ring (bicyclic) bond motifs is 6. The lowest BCUT2D eigenvalue weighted by molar-refractivity contribution is 1.18. The first-order valence-electron chi connectivity index (χ1n) is 16.3. The van der Waals surface area contributed by atoms with E-state index in [4.69, 9.17) is 0 Å². The van der Waals surface area contributed by atoms with E-state index in [9.17, 15) is 15.8 Å². The molecule has 0 aliphatic rings. The highest BCUT2D eigenvalue weighted by Gasteiger charge is 2.20. The topological polar surface area (TPSA) is 81.2 Å². The fourth-order valence-electron chi connectivity index (χ4n) is 7.42. The molecular formula is C45H25N5. The Morgan fingerprint density at radius 1 is 0.360 bits per heavy atom. The van der Waals surface area contributed by atoms with Gasteiger partial charge in [-0.2, -0.15) is 15.8 Å². The normalized spacial score (nSPS) is 11.1. The monoisotopic (exact) mass is 635 g/mol. The van der Waals surface area contributed by atoms with Crippen LogP contribution < -0.4 is 0 Å². The van der Waals surface area contributed by atoms with E-state index >= 15 is 0 Å². The molecule has 0 fully saturated rings. The van der Waals surface area contributed by atoms with Gasteiger partial charge in [0.1, 0.15) is 0 Å². The molecule has 0 unspecified atom stereocenters. The maximum atomic E-state index is 10.1. The zero-order valence-electron chi connectivity index (χ0n) is 26.7. The molecule has 0 aliphatic carbocycles. The summed E-state index contributed by atoms with van der Waals surface area (Å²) in [7, 11) is 0. The minimum absolute atomic E-state index is 0.533. The van der Waals surface area contributed by atoms with Crippen LogP contribution in [0.5, 0.6) is 0 Å². The summed E-state index contributed by atoms with van der Waals surface area (Å²) in [4.78, 5) is 0. The van der Waals surface area contributed by atoms with Gasteiger partial charge in [-0.15, -0.1) is 0 Å². The Labute approximate surface area is 287 Å². The average Bonchev–Trinajstić information content (AvgIpc) is 3.70. The fourth-order valence-corrected chi connectivity index (χ4v) is 7.42. The first-order valence-corrected chi connectivity index (χ1v) is 16.3. The summed E-state index contributed by atoms with van der Waals surface area (Å²) < 4.78 is 4.50. The molecule has 0 atom stereocenters. The van der Waals surface area contributed by atoms with Crippen LogP contribution in [0, 0.1) is 34.0 Å². The van der Waals surface area contributed by atoms with Gasteiger partial charge in [0, 0.05) is 32.8 Å². The van der Waals surface area contributed by atoms with Gasteiger partial charge in [0.25, 0.3) is 0 Å². The first-order chi connectivity index (χ1) is 24.7. The number of nitrogens with zero attached hydrogens (tertiary/aromatic N) is 5. The highest BCUT2D eigenvalue weighted by atomic mass is 15.0. The lowest BCUT2D eigenvalue weighted by atomic mass is 9.91. The van der Waals surface area contributed by atoms with Crippen LogP contribution in [0.2, 0.25) is 0 Å². The number of rotatable bonds is 4. The second-order valence-corrected chi connectivity index (χ2v) is 12.3. The summed E-state index contributed by atoms with van der Waals surface area (Å²) in [6, 6.07) is 57.8. The molecule has 0 bridgehead atoms. The molecular weight excluding hydrogens is 611 g/mol. The van der Waals surface area contributed by atoms with Crippen molar-refractivity contribution >= 4 is 43.6 Å². The van der Waals surface area contributed by atoms with Crippen LogP contribution in [0.1, 0.15) is 16.7 Å². The van der Waals surface area contributed by atoms with Crippen molar-refractivity contribution in [1.82, 2.24) is 9.13 Å². The van der Waals surface area contributed by atoms with E-state index in [0.717, 1.165) is 66.5 Å². The number of aromatic nitrogens is 2. The Bertz CT molecular complexity index is 2920. The Hall–Kier alpha value is -7.39. The minimum atomic E-state index is 0.533. The van der Waals surface area contributed by atoms with Gasteiger partial charge in [-0.05, 0) is 95.6 Å². The number of benzene rings is 7. The number of hydrogen-bond donors (Lipinski definition) is 0. The van der Waals surface area contributed by atoms with Crippen molar-refractivity contribution < 1.29 is 0 Å². The number of hydrogen-bond acceptors (Lipinski definition) is 3. The first kappa shape index (κ1) is 28.8. The molecule has 9 aromatic rings. The Morgan fingerprint density at radius 2 is 0.880 bits per heavy atom. The molecule has 0 aliphatic heterocycles. The molecule has 0 saturated carbocycles. The molecule has 2 aromatic heterocycles. The molecule has 0 amide bonds. The Kier molecular flexibility index (Phi) is 6.56. The SMILES string of the molecule is N#Cc1ccc(-c2cc(C#N)ccc2-n2c3ccccc3c3cc(C#N)ccc32)c(-c2cccc(-n3c4ccccc4c4ccccc43)c2)c1. The maximum Gasteiger partial charge on any atom is 0.0991 e. The van der Waals surface area contributed by atoms with Gasteiger partial charge in [-0.3, -0.25) is 0 Å². The van der Waals surface area contributed by atoms with Crippen molar-refractivity contribution in [2.45, 2.75) is 0 Å².